The average molecular weight is 224 g/mol. The largest absolute Gasteiger partial charge is 0.481 e. The van der Waals surface area contributed by atoms with Crippen LogP contribution in [0.2, 0.25) is 0 Å². The van der Waals surface area contributed by atoms with Gasteiger partial charge < -0.3 is 9.84 Å². The van der Waals surface area contributed by atoms with Crippen LogP contribution in [0.4, 0.5) is 4.39 Å². The average Bonchev–Trinajstić information content (AvgIpc) is 2.15. The Labute approximate surface area is 92.9 Å². The number of halogens is 1. The van der Waals surface area contributed by atoms with Crippen LogP contribution >= 0.6 is 0 Å². The molecule has 0 bridgehead atoms. The van der Waals surface area contributed by atoms with Gasteiger partial charge in [0.2, 0.25) is 0 Å². The number of carbonyl (C=O) groups is 1. The summed E-state index contributed by atoms with van der Waals surface area (Å²) in [7, 11) is 0. The van der Waals surface area contributed by atoms with Crippen molar-refractivity contribution in [3.8, 4) is 0 Å². The smallest absolute Gasteiger partial charge is 0.303 e. The molecule has 1 N–H and O–H groups in total. The molecule has 1 aromatic rings. The minimum Gasteiger partial charge on any atom is -0.481 e. The van der Waals surface area contributed by atoms with Crippen LogP contribution in [0.1, 0.15) is 18.4 Å². The Morgan fingerprint density at radius 1 is 1.50 bits per heavy atom. The van der Waals surface area contributed by atoms with Crippen molar-refractivity contribution in [2.24, 2.45) is 0 Å². The van der Waals surface area contributed by atoms with Crippen LogP contribution in [0.5, 0.6) is 0 Å². The maximum absolute atomic E-state index is 13.1. The summed E-state index contributed by atoms with van der Waals surface area (Å²) in [6.45, 7) is 0.952. The van der Waals surface area contributed by atoms with Gasteiger partial charge >= 0.3 is 5.97 Å². The molecule has 86 valence electrons. The van der Waals surface area contributed by atoms with Crippen molar-refractivity contribution in [3.63, 3.8) is 0 Å². The van der Waals surface area contributed by atoms with E-state index in [1.165, 1.54) is 12.1 Å². The van der Waals surface area contributed by atoms with E-state index in [1.807, 2.05) is 6.07 Å². The van der Waals surface area contributed by atoms with Crippen molar-refractivity contribution in [2.45, 2.75) is 18.3 Å². The molecule has 0 unspecified atom stereocenters. The van der Waals surface area contributed by atoms with Crippen molar-refractivity contribution in [1.82, 2.24) is 0 Å². The molecule has 0 aliphatic carbocycles. The molecule has 1 aliphatic heterocycles. The van der Waals surface area contributed by atoms with Gasteiger partial charge in [0.1, 0.15) is 5.82 Å². The van der Waals surface area contributed by atoms with Gasteiger partial charge in [-0.15, -0.1) is 0 Å². The van der Waals surface area contributed by atoms with E-state index in [1.54, 1.807) is 6.07 Å². The van der Waals surface area contributed by atoms with Crippen LogP contribution in [0, 0.1) is 5.82 Å². The molecule has 1 aromatic carbocycles. The first kappa shape index (κ1) is 11.1. The Kier molecular flexibility index (Phi) is 2.92. The first-order valence-electron chi connectivity index (χ1n) is 5.18. The molecular weight excluding hydrogens is 211 g/mol. The summed E-state index contributed by atoms with van der Waals surface area (Å²) in [5.41, 5.74) is 0.528. The molecule has 0 radical (unpaired) electrons. The summed E-state index contributed by atoms with van der Waals surface area (Å²) in [5, 5.41) is 8.68. The summed E-state index contributed by atoms with van der Waals surface area (Å²) < 4.78 is 18.2. The number of rotatable bonds is 4. The first-order chi connectivity index (χ1) is 7.62. The normalized spacial score (nSPS) is 17.8. The Morgan fingerprint density at radius 2 is 2.25 bits per heavy atom. The second-order valence-corrected chi connectivity index (χ2v) is 4.18. The van der Waals surface area contributed by atoms with Gasteiger partial charge in [0.25, 0.3) is 0 Å². The minimum absolute atomic E-state index is 0.0832. The summed E-state index contributed by atoms with van der Waals surface area (Å²) >= 11 is 0. The molecule has 1 aliphatic rings. The number of hydrogen-bond acceptors (Lipinski definition) is 2. The molecule has 4 heteroatoms. The van der Waals surface area contributed by atoms with Crippen molar-refractivity contribution in [2.75, 3.05) is 13.2 Å². The van der Waals surface area contributed by atoms with Gasteiger partial charge in [-0.2, -0.15) is 0 Å². The summed E-state index contributed by atoms with van der Waals surface area (Å²) in [4.78, 5) is 10.6. The van der Waals surface area contributed by atoms with E-state index in [-0.39, 0.29) is 17.7 Å². The minimum atomic E-state index is -0.831. The molecule has 0 spiro atoms. The van der Waals surface area contributed by atoms with Gasteiger partial charge in [0.15, 0.2) is 0 Å². The Morgan fingerprint density at radius 3 is 2.75 bits per heavy atom. The maximum atomic E-state index is 13.1. The summed E-state index contributed by atoms with van der Waals surface area (Å²) in [5.74, 6) is -1.12. The Hall–Kier alpha value is -1.42. The molecule has 0 saturated carbocycles. The molecule has 3 nitrogen and oxygen atoms in total. The Bertz CT molecular complexity index is 399. The topological polar surface area (TPSA) is 46.5 Å². The number of benzene rings is 1. The SMILES string of the molecule is O=C(O)CCC1(c2cccc(F)c2)COC1. The lowest BCUT2D eigenvalue weighted by Crippen LogP contribution is -2.47. The van der Waals surface area contributed by atoms with E-state index in [0.717, 1.165) is 5.56 Å². The molecule has 1 fully saturated rings. The third-order valence-electron chi connectivity index (χ3n) is 3.01. The van der Waals surface area contributed by atoms with Gasteiger partial charge in [-0.25, -0.2) is 4.39 Å². The predicted octanol–water partition coefficient (Wildman–Crippen LogP) is 1.96. The molecule has 16 heavy (non-hydrogen) atoms. The van der Waals surface area contributed by atoms with Crippen LogP contribution in [-0.4, -0.2) is 24.3 Å². The predicted molar refractivity (Wildman–Crippen MR) is 55.8 cm³/mol. The van der Waals surface area contributed by atoms with Gasteiger partial charge in [-0.1, -0.05) is 12.1 Å². The van der Waals surface area contributed by atoms with E-state index >= 15 is 0 Å². The highest BCUT2D eigenvalue weighted by Gasteiger charge is 2.40. The lowest BCUT2D eigenvalue weighted by molar-refractivity contribution is -0.139. The van der Waals surface area contributed by atoms with Crippen LogP contribution in [0.15, 0.2) is 24.3 Å². The third-order valence-corrected chi connectivity index (χ3v) is 3.01. The maximum Gasteiger partial charge on any atom is 0.303 e. The second kappa shape index (κ2) is 4.22. The molecule has 0 aromatic heterocycles. The highest BCUT2D eigenvalue weighted by Crippen LogP contribution is 2.36. The van der Waals surface area contributed by atoms with Crippen molar-refractivity contribution >= 4 is 5.97 Å². The standard InChI is InChI=1S/C12H13FO3/c13-10-3-1-2-9(6-10)12(7-16-8-12)5-4-11(14)15/h1-3,6H,4-5,7-8H2,(H,14,15). The van der Waals surface area contributed by atoms with Crippen LogP contribution in [0.3, 0.4) is 0 Å². The monoisotopic (exact) mass is 224 g/mol. The summed E-state index contributed by atoms with van der Waals surface area (Å²) in [6, 6.07) is 6.32. The zero-order valence-corrected chi connectivity index (χ0v) is 8.78. The number of carboxylic acids is 1. The quantitative estimate of drug-likeness (QED) is 0.850. The number of ether oxygens (including phenoxy) is 1. The van der Waals surface area contributed by atoms with Crippen LogP contribution in [0.25, 0.3) is 0 Å². The van der Waals surface area contributed by atoms with Crippen molar-refractivity contribution in [3.05, 3.63) is 35.6 Å². The van der Waals surface area contributed by atoms with Crippen LogP contribution < -0.4 is 0 Å². The highest BCUT2D eigenvalue weighted by molar-refractivity contribution is 5.67. The van der Waals surface area contributed by atoms with E-state index in [4.69, 9.17) is 9.84 Å². The van der Waals surface area contributed by atoms with E-state index in [9.17, 15) is 9.18 Å². The van der Waals surface area contributed by atoms with E-state index in [0.29, 0.717) is 19.6 Å². The van der Waals surface area contributed by atoms with Gasteiger partial charge in [0.05, 0.1) is 13.2 Å². The van der Waals surface area contributed by atoms with Crippen molar-refractivity contribution in [1.29, 1.82) is 0 Å². The van der Waals surface area contributed by atoms with Crippen molar-refractivity contribution < 1.29 is 19.0 Å². The van der Waals surface area contributed by atoms with E-state index in [2.05, 4.69) is 0 Å². The third kappa shape index (κ3) is 2.07. The molecule has 0 atom stereocenters. The van der Waals surface area contributed by atoms with Gasteiger partial charge in [-0.3, -0.25) is 4.79 Å². The zero-order valence-electron chi connectivity index (χ0n) is 8.78. The number of carboxylic acid groups (broad SMARTS) is 1. The molecule has 2 rings (SSSR count). The highest BCUT2D eigenvalue weighted by atomic mass is 19.1. The molecule has 1 saturated heterocycles. The molecule has 0 amide bonds. The molecule has 1 heterocycles. The van der Waals surface area contributed by atoms with Gasteiger partial charge in [-0.05, 0) is 24.1 Å². The second-order valence-electron chi connectivity index (χ2n) is 4.18. The number of hydrogen-bond donors (Lipinski definition) is 1. The fraction of sp³-hybridized carbons (Fsp3) is 0.417. The first-order valence-corrected chi connectivity index (χ1v) is 5.18. The lowest BCUT2D eigenvalue weighted by Gasteiger charge is -2.41. The van der Waals surface area contributed by atoms with E-state index < -0.39 is 5.97 Å². The number of aliphatic carboxylic acids is 1. The van der Waals surface area contributed by atoms with Crippen LogP contribution in [-0.2, 0) is 14.9 Å². The zero-order chi connectivity index (χ0) is 11.6. The lowest BCUT2D eigenvalue weighted by atomic mass is 9.75. The molecular formula is C12H13FO3. The fourth-order valence-corrected chi connectivity index (χ4v) is 1.97. The Balaban J connectivity index is 2.17. The summed E-state index contributed by atoms with van der Waals surface area (Å²) in [6.07, 6.45) is 0.575. The van der Waals surface area contributed by atoms with Gasteiger partial charge in [0, 0.05) is 11.8 Å². The fourth-order valence-electron chi connectivity index (χ4n) is 1.97.